The SMILES string of the molecule is CCOC1CCC(Nc2ncc(C(N)=O)c(N)n2)CC1. The van der Waals surface area contributed by atoms with Gasteiger partial charge in [-0.15, -0.1) is 0 Å². The maximum Gasteiger partial charge on any atom is 0.254 e. The highest BCUT2D eigenvalue weighted by atomic mass is 16.5. The highest BCUT2D eigenvalue weighted by molar-refractivity contribution is 5.96. The Morgan fingerprint density at radius 1 is 1.45 bits per heavy atom. The molecule has 0 atom stereocenters. The molecule has 0 radical (unpaired) electrons. The number of nitrogens with one attached hydrogen (secondary N) is 1. The molecular formula is C13H21N5O2. The van der Waals surface area contributed by atoms with Gasteiger partial charge in [-0.25, -0.2) is 4.98 Å². The summed E-state index contributed by atoms with van der Waals surface area (Å²) in [5, 5.41) is 3.24. The number of nitrogen functional groups attached to an aromatic ring is 1. The van der Waals surface area contributed by atoms with E-state index in [1.165, 1.54) is 6.20 Å². The zero-order valence-corrected chi connectivity index (χ0v) is 11.6. The molecular weight excluding hydrogens is 258 g/mol. The summed E-state index contributed by atoms with van der Waals surface area (Å²) in [5.41, 5.74) is 11.0. The lowest BCUT2D eigenvalue weighted by Crippen LogP contribution is -2.30. The van der Waals surface area contributed by atoms with E-state index in [1.54, 1.807) is 0 Å². The van der Waals surface area contributed by atoms with E-state index < -0.39 is 5.91 Å². The molecule has 0 aliphatic heterocycles. The molecule has 1 saturated carbocycles. The molecule has 0 spiro atoms. The number of hydrogen-bond donors (Lipinski definition) is 3. The maximum absolute atomic E-state index is 11.0. The summed E-state index contributed by atoms with van der Waals surface area (Å²) >= 11 is 0. The Morgan fingerprint density at radius 2 is 2.15 bits per heavy atom. The molecule has 1 aliphatic rings. The first-order valence-electron chi connectivity index (χ1n) is 6.90. The second-order valence-electron chi connectivity index (χ2n) is 4.93. The van der Waals surface area contributed by atoms with Crippen molar-refractivity contribution in [1.29, 1.82) is 0 Å². The van der Waals surface area contributed by atoms with Gasteiger partial charge in [0.2, 0.25) is 5.95 Å². The highest BCUT2D eigenvalue weighted by Crippen LogP contribution is 2.23. The van der Waals surface area contributed by atoms with Crippen molar-refractivity contribution in [3.63, 3.8) is 0 Å². The number of anilines is 2. The average molecular weight is 279 g/mol. The third-order valence-electron chi connectivity index (χ3n) is 3.49. The summed E-state index contributed by atoms with van der Waals surface area (Å²) in [6.07, 6.45) is 5.79. The minimum Gasteiger partial charge on any atom is -0.383 e. The molecule has 1 aliphatic carbocycles. The van der Waals surface area contributed by atoms with Crippen LogP contribution in [-0.4, -0.2) is 34.6 Å². The molecule has 110 valence electrons. The van der Waals surface area contributed by atoms with Crippen molar-refractivity contribution >= 4 is 17.7 Å². The van der Waals surface area contributed by atoms with Crippen molar-refractivity contribution in [3.8, 4) is 0 Å². The van der Waals surface area contributed by atoms with Gasteiger partial charge < -0.3 is 21.5 Å². The molecule has 0 unspecified atom stereocenters. The molecule has 1 fully saturated rings. The number of rotatable bonds is 5. The van der Waals surface area contributed by atoms with Gasteiger partial charge in [0.1, 0.15) is 5.82 Å². The molecule has 2 rings (SSSR count). The van der Waals surface area contributed by atoms with Gasteiger partial charge in [0, 0.05) is 18.8 Å². The zero-order chi connectivity index (χ0) is 14.5. The summed E-state index contributed by atoms with van der Waals surface area (Å²) in [6, 6.07) is 0.311. The van der Waals surface area contributed by atoms with Crippen molar-refractivity contribution in [1.82, 2.24) is 9.97 Å². The largest absolute Gasteiger partial charge is 0.383 e. The predicted molar refractivity (Wildman–Crippen MR) is 76.3 cm³/mol. The van der Waals surface area contributed by atoms with E-state index in [0.29, 0.717) is 18.1 Å². The number of ether oxygens (including phenoxy) is 1. The van der Waals surface area contributed by atoms with E-state index in [9.17, 15) is 4.79 Å². The van der Waals surface area contributed by atoms with Gasteiger partial charge in [-0.2, -0.15) is 4.98 Å². The van der Waals surface area contributed by atoms with Gasteiger partial charge in [0.05, 0.1) is 11.7 Å². The molecule has 0 saturated heterocycles. The first-order valence-corrected chi connectivity index (χ1v) is 6.90. The molecule has 1 aromatic heterocycles. The van der Waals surface area contributed by atoms with Gasteiger partial charge in [-0.1, -0.05) is 0 Å². The lowest BCUT2D eigenvalue weighted by atomic mass is 9.93. The van der Waals surface area contributed by atoms with Crippen molar-refractivity contribution in [3.05, 3.63) is 11.8 Å². The van der Waals surface area contributed by atoms with Crippen molar-refractivity contribution in [2.24, 2.45) is 5.73 Å². The molecule has 7 heteroatoms. The lowest BCUT2D eigenvalue weighted by molar-refractivity contribution is 0.0346. The zero-order valence-electron chi connectivity index (χ0n) is 11.6. The normalized spacial score (nSPS) is 22.4. The molecule has 5 N–H and O–H groups in total. The fraction of sp³-hybridized carbons (Fsp3) is 0.615. The first-order chi connectivity index (χ1) is 9.60. The lowest BCUT2D eigenvalue weighted by Gasteiger charge is -2.28. The fourth-order valence-electron chi connectivity index (χ4n) is 2.45. The number of carbonyl (C=O) groups excluding carboxylic acids is 1. The van der Waals surface area contributed by atoms with Gasteiger partial charge in [-0.3, -0.25) is 4.79 Å². The highest BCUT2D eigenvalue weighted by Gasteiger charge is 2.22. The van der Waals surface area contributed by atoms with Crippen LogP contribution < -0.4 is 16.8 Å². The van der Waals surface area contributed by atoms with E-state index in [0.717, 1.165) is 32.3 Å². The van der Waals surface area contributed by atoms with Gasteiger partial charge in [0.25, 0.3) is 5.91 Å². The Labute approximate surface area is 118 Å². The van der Waals surface area contributed by atoms with E-state index in [4.69, 9.17) is 16.2 Å². The van der Waals surface area contributed by atoms with E-state index in [2.05, 4.69) is 15.3 Å². The van der Waals surface area contributed by atoms with Crippen molar-refractivity contribution in [2.45, 2.75) is 44.8 Å². The topological polar surface area (TPSA) is 116 Å². The summed E-state index contributed by atoms with van der Waals surface area (Å²) in [7, 11) is 0. The second kappa shape index (κ2) is 6.51. The minimum absolute atomic E-state index is 0.109. The standard InChI is InChI=1S/C13H21N5O2/c1-2-20-9-5-3-8(4-6-9)17-13-16-7-10(12(15)19)11(14)18-13/h7-9H,2-6H2,1H3,(H2,15,19)(H3,14,16,17,18). The van der Waals surface area contributed by atoms with Gasteiger partial charge >= 0.3 is 0 Å². The van der Waals surface area contributed by atoms with E-state index >= 15 is 0 Å². The maximum atomic E-state index is 11.0. The van der Waals surface area contributed by atoms with Crippen LogP contribution in [0.15, 0.2) is 6.20 Å². The van der Waals surface area contributed by atoms with E-state index in [1.807, 2.05) is 6.92 Å². The summed E-state index contributed by atoms with van der Waals surface area (Å²) < 4.78 is 5.61. The van der Waals surface area contributed by atoms with Crippen LogP contribution in [0.25, 0.3) is 0 Å². The number of carbonyl (C=O) groups is 1. The van der Waals surface area contributed by atoms with Gasteiger partial charge in [-0.05, 0) is 32.6 Å². The predicted octanol–water partition coefficient (Wildman–Crippen LogP) is 0.917. The molecule has 1 amide bonds. The molecule has 1 aromatic rings. The smallest absolute Gasteiger partial charge is 0.254 e. The summed E-state index contributed by atoms with van der Waals surface area (Å²) in [5.74, 6) is -0.0726. The molecule has 0 aromatic carbocycles. The van der Waals surface area contributed by atoms with Crippen LogP contribution in [0.2, 0.25) is 0 Å². The molecule has 7 nitrogen and oxygen atoms in total. The van der Waals surface area contributed by atoms with E-state index in [-0.39, 0.29) is 11.4 Å². The van der Waals surface area contributed by atoms with Gasteiger partial charge in [0.15, 0.2) is 0 Å². The van der Waals surface area contributed by atoms with Crippen molar-refractivity contribution in [2.75, 3.05) is 17.7 Å². The van der Waals surface area contributed by atoms with Crippen LogP contribution in [0.1, 0.15) is 43.0 Å². The Morgan fingerprint density at radius 3 is 2.70 bits per heavy atom. The fourth-order valence-corrected chi connectivity index (χ4v) is 2.45. The summed E-state index contributed by atoms with van der Waals surface area (Å²) in [4.78, 5) is 19.2. The third-order valence-corrected chi connectivity index (χ3v) is 3.49. The van der Waals surface area contributed by atoms with Crippen LogP contribution in [0, 0.1) is 0 Å². The quantitative estimate of drug-likeness (QED) is 0.738. The van der Waals surface area contributed by atoms with Crippen molar-refractivity contribution < 1.29 is 9.53 Å². The number of nitrogens with zero attached hydrogens (tertiary/aromatic N) is 2. The third kappa shape index (κ3) is 3.57. The first kappa shape index (κ1) is 14.5. The van der Waals surface area contributed by atoms with Crippen LogP contribution >= 0.6 is 0 Å². The Hall–Kier alpha value is -1.89. The second-order valence-corrected chi connectivity index (χ2v) is 4.93. The Kier molecular flexibility index (Phi) is 4.73. The van der Waals surface area contributed by atoms with Crippen LogP contribution in [0.4, 0.5) is 11.8 Å². The summed E-state index contributed by atoms with van der Waals surface area (Å²) in [6.45, 7) is 2.78. The van der Waals surface area contributed by atoms with Crippen LogP contribution in [0.3, 0.4) is 0 Å². The number of amides is 1. The number of primary amides is 1. The van der Waals surface area contributed by atoms with Crippen LogP contribution in [-0.2, 0) is 4.74 Å². The Balaban J connectivity index is 1.91. The van der Waals surface area contributed by atoms with Crippen LogP contribution in [0.5, 0.6) is 0 Å². The minimum atomic E-state index is -0.619. The number of hydrogen-bond acceptors (Lipinski definition) is 6. The molecule has 1 heterocycles. The number of nitrogens with two attached hydrogens (primary N) is 2. The average Bonchev–Trinajstić information content (AvgIpc) is 2.41. The Bertz CT molecular complexity index is 472. The molecule has 20 heavy (non-hydrogen) atoms. The monoisotopic (exact) mass is 279 g/mol. The molecule has 0 bridgehead atoms. The number of aromatic nitrogens is 2.